The molecule has 0 fully saturated rings. The lowest BCUT2D eigenvalue weighted by Crippen LogP contribution is -2.01. The summed E-state index contributed by atoms with van der Waals surface area (Å²) in [6.45, 7) is 4.16. The van der Waals surface area contributed by atoms with Gasteiger partial charge in [0.25, 0.3) is 0 Å². The first-order valence-electron chi connectivity index (χ1n) is 15.2. The van der Waals surface area contributed by atoms with E-state index in [-0.39, 0.29) is 0 Å². The highest BCUT2D eigenvalue weighted by atomic mass is 15.0. The summed E-state index contributed by atoms with van der Waals surface area (Å²) in [4.78, 5) is 28.9. The molecule has 4 heterocycles. The summed E-state index contributed by atoms with van der Waals surface area (Å²) < 4.78 is 0. The van der Waals surface area contributed by atoms with Crippen molar-refractivity contribution in [3.05, 3.63) is 145 Å². The Bertz CT molecular complexity index is 2310. The Morgan fingerprint density at radius 2 is 1.11 bits per heavy atom. The van der Waals surface area contributed by atoms with E-state index in [1.165, 1.54) is 5.56 Å². The Kier molecular flexibility index (Phi) is 6.80. The molecule has 6 nitrogen and oxygen atoms in total. The summed E-state index contributed by atoms with van der Waals surface area (Å²) in [7, 11) is 0. The van der Waals surface area contributed by atoms with Gasteiger partial charge in [-0.1, -0.05) is 97.1 Å². The van der Waals surface area contributed by atoms with Gasteiger partial charge in [-0.3, -0.25) is 9.97 Å². The smallest absolute Gasteiger partial charge is 0.182 e. The standard InChI is InChI=1S/C40H28N6/c1-25-23-35(43-37-33(25)21-20-29-15-14-26(2)42-36(29)37)28-18-16-27(17-19-28)31-11-8-12-32(24-31)39-44-38(30-9-4-3-5-10-30)45-40(46-39)34-13-6-7-22-41-34/h3-24H,1-2H3. The minimum absolute atomic E-state index is 0.538. The molecule has 46 heavy (non-hydrogen) atoms. The maximum absolute atomic E-state index is 5.11. The Labute approximate surface area is 266 Å². The monoisotopic (exact) mass is 592 g/mol. The van der Waals surface area contributed by atoms with Gasteiger partial charge in [0.15, 0.2) is 17.5 Å². The van der Waals surface area contributed by atoms with E-state index in [4.69, 9.17) is 24.9 Å². The third-order valence-electron chi connectivity index (χ3n) is 8.18. The predicted molar refractivity (Wildman–Crippen MR) is 185 cm³/mol. The first-order valence-corrected chi connectivity index (χ1v) is 15.2. The fourth-order valence-electron chi connectivity index (χ4n) is 5.79. The van der Waals surface area contributed by atoms with Gasteiger partial charge in [-0.15, -0.1) is 0 Å². The van der Waals surface area contributed by atoms with Crippen LogP contribution in [0.15, 0.2) is 134 Å². The molecule has 6 heteroatoms. The average Bonchev–Trinajstić information content (AvgIpc) is 3.12. The average molecular weight is 593 g/mol. The SMILES string of the molecule is Cc1ccc2ccc3c(C)cc(-c4ccc(-c5cccc(-c6nc(-c7ccccc7)nc(-c7ccccn7)n6)c5)cc4)nc3c2n1. The summed E-state index contributed by atoms with van der Waals surface area (Å²) >= 11 is 0. The Hall–Kier alpha value is -6.14. The van der Waals surface area contributed by atoms with Crippen LogP contribution in [0, 0.1) is 13.8 Å². The van der Waals surface area contributed by atoms with Crippen molar-refractivity contribution in [2.24, 2.45) is 0 Å². The summed E-state index contributed by atoms with van der Waals surface area (Å²) in [5.41, 5.74) is 10.7. The zero-order valence-corrected chi connectivity index (χ0v) is 25.4. The van der Waals surface area contributed by atoms with E-state index in [2.05, 4.69) is 72.6 Å². The fraction of sp³-hybridized carbons (Fsp3) is 0.0500. The van der Waals surface area contributed by atoms with Crippen molar-refractivity contribution in [1.29, 1.82) is 0 Å². The molecule has 0 aliphatic heterocycles. The molecule has 0 spiro atoms. The van der Waals surface area contributed by atoms with Crippen LogP contribution >= 0.6 is 0 Å². The van der Waals surface area contributed by atoms with E-state index in [0.717, 1.165) is 61.0 Å². The fourth-order valence-corrected chi connectivity index (χ4v) is 5.79. The lowest BCUT2D eigenvalue weighted by atomic mass is 9.99. The second-order valence-corrected chi connectivity index (χ2v) is 11.4. The summed E-state index contributed by atoms with van der Waals surface area (Å²) in [5.74, 6) is 1.74. The van der Waals surface area contributed by atoms with Gasteiger partial charge in [-0.25, -0.2) is 19.9 Å². The Balaban J connectivity index is 1.17. The lowest BCUT2D eigenvalue weighted by Gasteiger charge is -2.11. The molecule has 4 aromatic heterocycles. The Morgan fingerprint density at radius 1 is 0.413 bits per heavy atom. The van der Waals surface area contributed by atoms with Gasteiger partial charge in [0.1, 0.15) is 5.69 Å². The van der Waals surface area contributed by atoms with Gasteiger partial charge in [0.05, 0.1) is 16.7 Å². The largest absolute Gasteiger partial charge is 0.253 e. The van der Waals surface area contributed by atoms with E-state index in [1.807, 2.05) is 73.7 Å². The number of nitrogens with zero attached hydrogens (tertiary/aromatic N) is 6. The van der Waals surface area contributed by atoms with Crippen LogP contribution < -0.4 is 0 Å². The van der Waals surface area contributed by atoms with E-state index >= 15 is 0 Å². The van der Waals surface area contributed by atoms with Crippen molar-refractivity contribution < 1.29 is 0 Å². The van der Waals surface area contributed by atoms with Crippen molar-refractivity contribution in [2.45, 2.75) is 13.8 Å². The van der Waals surface area contributed by atoms with Crippen LogP contribution in [-0.4, -0.2) is 29.9 Å². The number of fused-ring (bicyclic) bond motifs is 3. The first kappa shape index (κ1) is 27.4. The second-order valence-electron chi connectivity index (χ2n) is 11.4. The molecule has 0 bridgehead atoms. The van der Waals surface area contributed by atoms with Gasteiger partial charge in [0.2, 0.25) is 0 Å². The van der Waals surface area contributed by atoms with Crippen LogP contribution in [0.2, 0.25) is 0 Å². The number of benzene rings is 4. The zero-order valence-electron chi connectivity index (χ0n) is 25.4. The number of hydrogen-bond donors (Lipinski definition) is 0. The minimum Gasteiger partial charge on any atom is -0.253 e. The van der Waals surface area contributed by atoms with Gasteiger partial charge in [-0.2, -0.15) is 0 Å². The van der Waals surface area contributed by atoms with Gasteiger partial charge < -0.3 is 0 Å². The third-order valence-corrected chi connectivity index (χ3v) is 8.18. The minimum atomic E-state index is 0.538. The number of aryl methyl sites for hydroxylation is 2. The molecule has 0 unspecified atom stereocenters. The summed E-state index contributed by atoms with van der Waals surface area (Å²) in [6, 6.07) is 43.1. The zero-order chi connectivity index (χ0) is 31.0. The molecule has 0 aliphatic rings. The highest BCUT2D eigenvalue weighted by Crippen LogP contribution is 2.32. The molecule has 8 aromatic rings. The molecule has 0 atom stereocenters. The van der Waals surface area contributed by atoms with E-state index in [1.54, 1.807) is 6.20 Å². The van der Waals surface area contributed by atoms with Crippen LogP contribution in [0.5, 0.6) is 0 Å². The molecule has 0 aliphatic carbocycles. The molecule has 0 amide bonds. The highest BCUT2D eigenvalue weighted by Gasteiger charge is 2.14. The topological polar surface area (TPSA) is 77.3 Å². The van der Waals surface area contributed by atoms with Crippen molar-refractivity contribution in [3.63, 3.8) is 0 Å². The van der Waals surface area contributed by atoms with E-state index in [9.17, 15) is 0 Å². The van der Waals surface area contributed by atoms with E-state index in [0.29, 0.717) is 23.2 Å². The molecule has 0 saturated heterocycles. The normalized spacial score (nSPS) is 11.3. The van der Waals surface area contributed by atoms with Crippen molar-refractivity contribution in [2.75, 3.05) is 0 Å². The van der Waals surface area contributed by atoms with Crippen molar-refractivity contribution in [3.8, 4) is 56.7 Å². The van der Waals surface area contributed by atoms with Gasteiger partial charge in [-0.05, 0) is 60.9 Å². The molecule has 4 aromatic carbocycles. The van der Waals surface area contributed by atoms with Crippen LogP contribution in [-0.2, 0) is 0 Å². The second kappa shape index (κ2) is 11.4. The molecular formula is C40H28N6. The number of rotatable bonds is 5. The third kappa shape index (κ3) is 5.16. The molecular weight excluding hydrogens is 564 g/mol. The van der Waals surface area contributed by atoms with Gasteiger partial charge >= 0.3 is 0 Å². The molecule has 0 radical (unpaired) electrons. The molecule has 0 saturated carbocycles. The van der Waals surface area contributed by atoms with Crippen LogP contribution in [0.3, 0.4) is 0 Å². The summed E-state index contributed by atoms with van der Waals surface area (Å²) in [5, 5.41) is 2.22. The molecule has 8 rings (SSSR count). The summed E-state index contributed by atoms with van der Waals surface area (Å²) in [6.07, 6.45) is 1.75. The van der Waals surface area contributed by atoms with Crippen molar-refractivity contribution in [1.82, 2.24) is 29.9 Å². The number of hydrogen-bond acceptors (Lipinski definition) is 6. The maximum Gasteiger partial charge on any atom is 0.182 e. The number of aromatic nitrogens is 6. The van der Waals surface area contributed by atoms with Gasteiger partial charge in [0, 0.05) is 39.4 Å². The van der Waals surface area contributed by atoms with Crippen LogP contribution in [0.1, 0.15) is 11.3 Å². The predicted octanol–water partition coefficient (Wildman–Crippen LogP) is 9.31. The van der Waals surface area contributed by atoms with Crippen molar-refractivity contribution >= 4 is 21.8 Å². The highest BCUT2D eigenvalue weighted by molar-refractivity contribution is 6.04. The maximum atomic E-state index is 5.11. The Morgan fingerprint density at radius 3 is 1.91 bits per heavy atom. The van der Waals surface area contributed by atoms with Crippen LogP contribution in [0.25, 0.3) is 78.5 Å². The quantitative estimate of drug-likeness (QED) is 0.185. The lowest BCUT2D eigenvalue weighted by molar-refractivity contribution is 1.06. The number of pyridine rings is 3. The molecule has 0 N–H and O–H groups in total. The van der Waals surface area contributed by atoms with Crippen LogP contribution in [0.4, 0.5) is 0 Å². The van der Waals surface area contributed by atoms with E-state index < -0.39 is 0 Å². The first-order chi connectivity index (χ1) is 22.6. The molecule has 218 valence electrons.